The number of rotatable bonds is 4. The van der Waals surface area contributed by atoms with E-state index in [4.69, 9.17) is 10.00 Å². The first-order valence-corrected chi connectivity index (χ1v) is 3.32. The minimum atomic E-state index is -0.292. The Morgan fingerprint density at radius 2 is 2.40 bits per heavy atom. The van der Waals surface area contributed by atoms with Crippen LogP contribution in [0, 0.1) is 11.3 Å². The van der Waals surface area contributed by atoms with Crippen molar-refractivity contribution in [2.75, 3.05) is 6.61 Å². The van der Waals surface area contributed by atoms with Gasteiger partial charge in [-0.1, -0.05) is 5.57 Å². The molecule has 0 amide bonds. The topological polar surface area (TPSA) is 33.0 Å². The Morgan fingerprint density at radius 1 is 1.80 bits per heavy atom. The Balaban J connectivity index is 3.22. The van der Waals surface area contributed by atoms with Gasteiger partial charge in [0.25, 0.3) is 0 Å². The summed E-state index contributed by atoms with van der Waals surface area (Å²) in [5, 5.41) is 8.30. The minimum Gasteiger partial charge on any atom is -0.363 e. The molecule has 0 heterocycles. The largest absolute Gasteiger partial charge is 0.363 e. The summed E-state index contributed by atoms with van der Waals surface area (Å²) in [7, 11) is 0. The van der Waals surface area contributed by atoms with Gasteiger partial charge in [-0.25, -0.2) is 0 Å². The van der Waals surface area contributed by atoms with Gasteiger partial charge in [-0.15, -0.1) is 6.58 Å². The van der Waals surface area contributed by atoms with Crippen LogP contribution in [0.3, 0.4) is 0 Å². The lowest BCUT2D eigenvalue weighted by Gasteiger charge is -2.03. The summed E-state index contributed by atoms with van der Waals surface area (Å²) in [4.78, 5) is 0. The fourth-order valence-electron chi connectivity index (χ4n) is 0.447. The number of hydrogen-bond acceptors (Lipinski definition) is 2. The molecule has 2 nitrogen and oxygen atoms in total. The SMILES string of the molecule is C=C(C)CCOC(C)C#N. The molecule has 0 aliphatic heterocycles. The van der Waals surface area contributed by atoms with E-state index >= 15 is 0 Å². The molecule has 0 bridgehead atoms. The summed E-state index contributed by atoms with van der Waals surface area (Å²) in [6.07, 6.45) is 0.547. The van der Waals surface area contributed by atoms with Gasteiger partial charge < -0.3 is 4.74 Å². The summed E-state index contributed by atoms with van der Waals surface area (Å²) in [5.74, 6) is 0. The van der Waals surface area contributed by atoms with Gasteiger partial charge in [0.1, 0.15) is 6.10 Å². The lowest BCUT2D eigenvalue weighted by atomic mass is 10.3. The van der Waals surface area contributed by atoms with Crippen LogP contribution in [0.2, 0.25) is 0 Å². The van der Waals surface area contributed by atoms with Crippen LogP contribution in [0.1, 0.15) is 20.3 Å². The molecule has 56 valence electrons. The van der Waals surface area contributed by atoms with Gasteiger partial charge in [-0.3, -0.25) is 0 Å². The number of nitrogens with zero attached hydrogens (tertiary/aromatic N) is 1. The van der Waals surface area contributed by atoms with Crippen molar-refractivity contribution in [2.45, 2.75) is 26.4 Å². The number of ether oxygens (including phenoxy) is 1. The summed E-state index contributed by atoms with van der Waals surface area (Å²) < 4.78 is 5.08. The van der Waals surface area contributed by atoms with Crippen molar-refractivity contribution >= 4 is 0 Å². The second-order valence-corrected chi connectivity index (χ2v) is 2.35. The van der Waals surface area contributed by atoms with E-state index in [1.54, 1.807) is 6.92 Å². The van der Waals surface area contributed by atoms with Gasteiger partial charge in [-0.05, 0) is 20.3 Å². The van der Waals surface area contributed by atoms with E-state index in [2.05, 4.69) is 6.58 Å². The first kappa shape index (κ1) is 9.19. The Kier molecular flexibility index (Phi) is 4.61. The second kappa shape index (κ2) is 5.01. The molecule has 0 aromatic heterocycles. The van der Waals surface area contributed by atoms with Gasteiger partial charge in [0.05, 0.1) is 12.7 Å². The molecule has 0 saturated carbocycles. The molecule has 10 heavy (non-hydrogen) atoms. The molecule has 0 aliphatic carbocycles. The maximum Gasteiger partial charge on any atom is 0.141 e. The molecule has 0 saturated heterocycles. The van der Waals surface area contributed by atoms with Crippen molar-refractivity contribution in [1.82, 2.24) is 0 Å². The predicted molar refractivity (Wildman–Crippen MR) is 40.5 cm³/mol. The molecule has 0 rings (SSSR count). The second-order valence-electron chi connectivity index (χ2n) is 2.35. The third-order valence-electron chi connectivity index (χ3n) is 1.08. The van der Waals surface area contributed by atoms with E-state index in [-0.39, 0.29) is 6.10 Å². The molecule has 0 aliphatic rings. The third kappa shape index (κ3) is 5.33. The Hall–Kier alpha value is -0.810. The standard InChI is InChI=1S/C8H13NO/c1-7(2)4-5-10-8(3)6-9/h8H,1,4-5H2,2-3H3. The van der Waals surface area contributed by atoms with E-state index < -0.39 is 0 Å². The number of nitriles is 1. The molecule has 0 radical (unpaired) electrons. The van der Waals surface area contributed by atoms with Crippen LogP contribution in [0.25, 0.3) is 0 Å². The van der Waals surface area contributed by atoms with Gasteiger partial charge in [0.2, 0.25) is 0 Å². The molecule has 2 heteroatoms. The van der Waals surface area contributed by atoms with Gasteiger partial charge >= 0.3 is 0 Å². The van der Waals surface area contributed by atoms with Crippen molar-refractivity contribution in [3.63, 3.8) is 0 Å². The van der Waals surface area contributed by atoms with Crippen molar-refractivity contribution < 1.29 is 4.74 Å². The highest BCUT2D eigenvalue weighted by Gasteiger charge is 1.96. The summed E-state index contributed by atoms with van der Waals surface area (Å²) in [6.45, 7) is 8.00. The molecule has 0 fully saturated rings. The van der Waals surface area contributed by atoms with Crippen molar-refractivity contribution in [1.29, 1.82) is 5.26 Å². The predicted octanol–water partition coefficient (Wildman–Crippen LogP) is 1.88. The van der Waals surface area contributed by atoms with Crippen LogP contribution >= 0.6 is 0 Å². The summed E-state index contributed by atoms with van der Waals surface area (Å²) in [6, 6.07) is 1.99. The average Bonchev–Trinajstić information content (AvgIpc) is 1.87. The molecule has 0 spiro atoms. The molecule has 1 atom stereocenters. The molecule has 0 aromatic rings. The van der Waals surface area contributed by atoms with Gasteiger partial charge in [0, 0.05) is 0 Å². The van der Waals surface area contributed by atoms with Crippen LogP contribution < -0.4 is 0 Å². The quantitative estimate of drug-likeness (QED) is 0.557. The normalized spacial score (nSPS) is 12.1. The van der Waals surface area contributed by atoms with Crippen LogP contribution in [0.15, 0.2) is 12.2 Å². The van der Waals surface area contributed by atoms with Crippen LogP contribution in [-0.4, -0.2) is 12.7 Å². The lowest BCUT2D eigenvalue weighted by molar-refractivity contribution is 0.105. The van der Waals surface area contributed by atoms with E-state index in [0.717, 1.165) is 12.0 Å². The van der Waals surface area contributed by atoms with Crippen molar-refractivity contribution in [3.05, 3.63) is 12.2 Å². The zero-order valence-electron chi connectivity index (χ0n) is 6.55. The highest BCUT2D eigenvalue weighted by atomic mass is 16.5. The molecular weight excluding hydrogens is 126 g/mol. The first-order valence-electron chi connectivity index (χ1n) is 3.32. The Bertz CT molecular complexity index is 146. The number of hydrogen-bond donors (Lipinski definition) is 0. The lowest BCUT2D eigenvalue weighted by Crippen LogP contribution is -2.05. The monoisotopic (exact) mass is 139 g/mol. The highest BCUT2D eigenvalue weighted by Crippen LogP contribution is 1.97. The van der Waals surface area contributed by atoms with Crippen LogP contribution in [0.4, 0.5) is 0 Å². The zero-order chi connectivity index (χ0) is 7.98. The third-order valence-corrected chi connectivity index (χ3v) is 1.08. The van der Waals surface area contributed by atoms with Crippen LogP contribution in [0.5, 0.6) is 0 Å². The Labute approximate surface area is 62.1 Å². The van der Waals surface area contributed by atoms with Crippen molar-refractivity contribution in [3.8, 4) is 6.07 Å². The van der Waals surface area contributed by atoms with Gasteiger partial charge in [0.15, 0.2) is 0 Å². The smallest absolute Gasteiger partial charge is 0.141 e. The highest BCUT2D eigenvalue weighted by molar-refractivity contribution is 4.88. The van der Waals surface area contributed by atoms with Crippen LogP contribution in [-0.2, 0) is 4.74 Å². The molecule has 0 N–H and O–H groups in total. The molecule has 1 unspecified atom stereocenters. The summed E-state index contributed by atoms with van der Waals surface area (Å²) >= 11 is 0. The van der Waals surface area contributed by atoms with E-state index in [0.29, 0.717) is 6.61 Å². The average molecular weight is 139 g/mol. The molecule has 0 aromatic carbocycles. The maximum absolute atomic E-state index is 8.30. The molecular formula is C8H13NO. The fraction of sp³-hybridized carbons (Fsp3) is 0.625. The Morgan fingerprint density at radius 3 is 2.80 bits per heavy atom. The van der Waals surface area contributed by atoms with E-state index in [1.165, 1.54) is 0 Å². The zero-order valence-corrected chi connectivity index (χ0v) is 6.55. The van der Waals surface area contributed by atoms with E-state index in [1.807, 2.05) is 13.0 Å². The van der Waals surface area contributed by atoms with Gasteiger partial charge in [-0.2, -0.15) is 5.26 Å². The fourth-order valence-corrected chi connectivity index (χ4v) is 0.447. The van der Waals surface area contributed by atoms with Crippen molar-refractivity contribution in [2.24, 2.45) is 0 Å². The maximum atomic E-state index is 8.30. The minimum absolute atomic E-state index is 0.292. The van der Waals surface area contributed by atoms with E-state index in [9.17, 15) is 0 Å². The summed E-state index contributed by atoms with van der Waals surface area (Å²) in [5.41, 5.74) is 1.09. The first-order chi connectivity index (χ1) is 4.66.